The molecule has 90 valence electrons. The maximum atomic E-state index is 11.6. The van der Waals surface area contributed by atoms with Crippen LogP contribution in [0.2, 0.25) is 0 Å². The number of carbonyl (C=O) groups is 2. The van der Waals surface area contributed by atoms with Crippen LogP contribution >= 0.6 is 0 Å². The molecule has 0 radical (unpaired) electrons. The number of amides is 1. The average Bonchev–Trinajstić information content (AvgIpc) is 2.66. The Balaban J connectivity index is 2.23. The van der Waals surface area contributed by atoms with Crippen LogP contribution < -0.4 is 5.73 Å². The zero-order chi connectivity index (χ0) is 12.5. The van der Waals surface area contributed by atoms with E-state index in [1.165, 1.54) is 0 Å². The minimum atomic E-state index is -0.887. The third-order valence-electron chi connectivity index (χ3n) is 3.52. The summed E-state index contributed by atoms with van der Waals surface area (Å²) in [5.41, 5.74) is 6.98. The smallest absolute Gasteiger partial charge is 0.303 e. The second kappa shape index (κ2) is 4.20. The molecule has 17 heavy (non-hydrogen) atoms. The summed E-state index contributed by atoms with van der Waals surface area (Å²) >= 11 is 0. The normalized spacial score (nSPS) is 16.5. The monoisotopic (exact) mass is 233 g/mol. The van der Waals surface area contributed by atoms with Gasteiger partial charge in [-0.2, -0.15) is 0 Å². The van der Waals surface area contributed by atoms with Crippen molar-refractivity contribution in [2.45, 2.75) is 25.7 Å². The van der Waals surface area contributed by atoms with Crippen molar-refractivity contribution in [1.29, 1.82) is 0 Å². The van der Waals surface area contributed by atoms with Gasteiger partial charge in [0, 0.05) is 6.42 Å². The molecule has 0 bridgehead atoms. The number of benzene rings is 1. The van der Waals surface area contributed by atoms with Crippen LogP contribution in [0.4, 0.5) is 0 Å². The number of fused-ring (bicyclic) bond motifs is 1. The van der Waals surface area contributed by atoms with Crippen LogP contribution in [0, 0.1) is 5.41 Å². The molecule has 0 fully saturated rings. The number of carboxylic acid groups (broad SMARTS) is 1. The van der Waals surface area contributed by atoms with E-state index in [9.17, 15) is 9.59 Å². The van der Waals surface area contributed by atoms with Gasteiger partial charge in [-0.25, -0.2) is 0 Å². The zero-order valence-electron chi connectivity index (χ0n) is 9.48. The fourth-order valence-electron chi connectivity index (χ4n) is 2.51. The number of hydrogen-bond donors (Lipinski definition) is 2. The van der Waals surface area contributed by atoms with Gasteiger partial charge >= 0.3 is 5.97 Å². The number of primary amides is 1. The molecule has 1 aliphatic rings. The van der Waals surface area contributed by atoms with Crippen molar-refractivity contribution in [3.05, 3.63) is 35.4 Å². The van der Waals surface area contributed by atoms with Crippen LogP contribution in [0.3, 0.4) is 0 Å². The van der Waals surface area contributed by atoms with E-state index in [1.807, 2.05) is 24.3 Å². The lowest BCUT2D eigenvalue weighted by Crippen LogP contribution is -2.38. The van der Waals surface area contributed by atoms with E-state index in [-0.39, 0.29) is 6.42 Å². The summed E-state index contributed by atoms with van der Waals surface area (Å²) in [6.45, 7) is 0. The first-order chi connectivity index (χ1) is 8.03. The first-order valence-electron chi connectivity index (χ1n) is 5.62. The van der Waals surface area contributed by atoms with Crippen molar-refractivity contribution in [1.82, 2.24) is 0 Å². The highest BCUT2D eigenvalue weighted by Gasteiger charge is 2.42. The van der Waals surface area contributed by atoms with E-state index >= 15 is 0 Å². The maximum absolute atomic E-state index is 11.6. The Morgan fingerprint density at radius 1 is 1.24 bits per heavy atom. The van der Waals surface area contributed by atoms with E-state index in [4.69, 9.17) is 10.8 Å². The highest BCUT2D eigenvalue weighted by Crippen LogP contribution is 2.40. The summed E-state index contributed by atoms with van der Waals surface area (Å²) in [4.78, 5) is 22.3. The number of carbonyl (C=O) groups excluding carboxylic acids is 1. The first kappa shape index (κ1) is 11.6. The van der Waals surface area contributed by atoms with E-state index < -0.39 is 17.3 Å². The molecule has 1 aliphatic carbocycles. The van der Waals surface area contributed by atoms with E-state index in [0.29, 0.717) is 19.3 Å². The Kier molecular flexibility index (Phi) is 2.88. The van der Waals surface area contributed by atoms with Crippen molar-refractivity contribution < 1.29 is 14.7 Å². The standard InChI is InChI=1S/C13H15NO3/c14-12(17)13(6-5-11(15)16)7-9-3-1-2-4-10(9)8-13/h1-4H,5-8H2,(H2,14,17)(H,15,16). The predicted molar refractivity (Wildman–Crippen MR) is 62.3 cm³/mol. The van der Waals surface area contributed by atoms with Gasteiger partial charge in [0.2, 0.25) is 5.91 Å². The molecule has 0 aliphatic heterocycles. The quantitative estimate of drug-likeness (QED) is 0.817. The molecule has 2 rings (SSSR count). The Bertz CT molecular complexity index is 442. The molecule has 1 aromatic rings. The number of aliphatic carboxylic acids is 1. The van der Waals surface area contributed by atoms with Gasteiger partial charge in [-0.3, -0.25) is 9.59 Å². The van der Waals surface area contributed by atoms with Crippen LogP contribution in [-0.4, -0.2) is 17.0 Å². The van der Waals surface area contributed by atoms with Crippen LogP contribution in [0.15, 0.2) is 24.3 Å². The molecule has 0 saturated heterocycles. The molecular weight excluding hydrogens is 218 g/mol. The summed E-state index contributed by atoms with van der Waals surface area (Å²) in [6, 6.07) is 7.79. The second-order valence-corrected chi connectivity index (χ2v) is 4.66. The minimum Gasteiger partial charge on any atom is -0.481 e. The number of hydrogen-bond acceptors (Lipinski definition) is 2. The van der Waals surface area contributed by atoms with Crippen LogP contribution in [0.1, 0.15) is 24.0 Å². The van der Waals surface area contributed by atoms with Crippen molar-refractivity contribution >= 4 is 11.9 Å². The van der Waals surface area contributed by atoms with Crippen molar-refractivity contribution in [3.8, 4) is 0 Å². The highest BCUT2D eigenvalue weighted by atomic mass is 16.4. The number of nitrogens with two attached hydrogens (primary N) is 1. The average molecular weight is 233 g/mol. The van der Waals surface area contributed by atoms with E-state index in [0.717, 1.165) is 11.1 Å². The lowest BCUT2D eigenvalue weighted by molar-refractivity contribution is -0.138. The van der Waals surface area contributed by atoms with Gasteiger partial charge in [0.15, 0.2) is 0 Å². The summed E-state index contributed by atoms with van der Waals surface area (Å²) in [7, 11) is 0. The molecule has 0 spiro atoms. The van der Waals surface area contributed by atoms with Crippen LogP contribution in [-0.2, 0) is 22.4 Å². The largest absolute Gasteiger partial charge is 0.481 e. The summed E-state index contributed by atoms with van der Waals surface area (Å²) < 4.78 is 0. The number of rotatable bonds is 4. The van der Waals surface area contributed by atoms with Crippen LogP contribution in [0.5, 0.6) is 0 Å². The van der Waals surface area contributed by atoms with Crippen molar-refractivity contribution in [2.75, 3.05) is 0 Å². The van der Waals surface area contributed by atoms with Crippen LogP contribution in [0.25, 0.3) is 0 Å². The van der Waals surface area contributed by atoms with Gasteiger partial charge in [-0.05, 0) is 30.4 Å². The molecule has 4 heteroatoms. The molecular formula is C13H15NO3. The van der Waals surface area contributed by atoms with Gasteiger partial charge in [-0.15, -0.1) is 0 Å². The molecule has 0 saturated carbocycles. The first-order valence-corrected chi connectivity index (χ1v) is 5.62. The maximum Gasteiger partial charge on any atom is 0.303 e. The Morgan fingerprint density at radius 2 is 1.76 bits per heavy atom. The zero-order valence-corrected chi connectivity index (χ0v) is 9.48. The SMILES string of the molecule is NC(=O)C1(CCC(=O)O)Cc2ccccc2C1. The molecule has 4 nitrogen and oxygen atoms in total. The Hall–Kier alpha value is -1.84. The molecule has 1 aromatic carbocycles. The topological polar surface area (TPSA) is 80.4 Å². The Morgan fingerprint density at radius 3 is 2.18 bits per heavy atom. The highest BCUT2D eigenvalue weighted by molar-refractivity contribution is 5.83. The summed E-state index contributed by atoms with van der Waals surface area (Å²) in [6.07, 6.45) is 1.42. The molecule has 3 N–H and O–H groups in total. The molecule has 0 atom stereocenters. The molecule has 1 amide bonds. The lowest BCUT2D eigenvalue weighted by Gasteiger charge is -2.24. The fraction of sp³-hybridized carbons (Fsp3) is 0.385. The fourth-order valence-corrected chi connectivity index (χ4v) is 2.51. The van der Waals surface area contributed by atoms with Gasteiger partial charge in [0.25, 0.3) is 0 Å². The van der Waals surface area contributed by atoms with Gasteiger partial charge in [0.1, 0.15) is 0 Å². The third-order valence-corrected chi connectivity index (χ3v) is 3.52. The van der Waals surface area contributed by atoms with Crippen molar-refractivity contribution in [3.63, 3.8) is 0 Å². The van der Waals surface area contributed by atoms with Crippen molar-refractivity contribution in [2.24, 2.45) is 11.1 Å². The van der Waals surface area contributed by atoms with E-state index in [1.54, 1.807) is 0 Å². The van der Waals surface area contributed by atoms with E-state index in [2.05, 4.69) is 0 Å². The molecule has 0 aromatic heterocycles. The third kappa shape index (κ3) is 2.16. The number of carboxylic acids is 1. The minimum absolute atomic E-state index is 0.0169. The molecule has 0 unspecified atom stereocenters. The molecule has 0 heterocycles. The van der Waals surface area contributed by atoms with Gasteiger partial charge in [-0.1, -0.05) is 24.3 Å². The summed E-state index contributed by atoms with van der Waals surface area (Å²) in [5, 5.41) is 8.73. The Labute approximate surface area is 99.4 Å². The predicted octanol–water partition coefficient (Wildman–Crippen LogP) is 1.12. The van der Waals surface area contributed by atoms with Gasteiger partial charge < -0.3 is 10.8 Å². The van der Waals surface area contributed by atoms with Gasteiger partial charge in [0.05, 0.1) is 5.41 Å². The lowest BCUT2D eigenvalue weighted by atomic mass is 9.79. The summed E-state index contributed by atoms with van der Waals surface area (Å²) in [5.74, 6) is -1.28. The second-order valence-electron chi connectivity index (χ2n) is 4.66.